The fourth-order valence-corrected chi connectivity index (χ4v) is 1.84. The van der Waals surface area contributed by atoms with Gasteiger partial charge in [0.1, 0.15) is 0 Å². The molecule has 4 nitrogen and oxygen atoms in total. The third-order valence-corrected chi connectivity index (χ3v) is 3.28. The molecule has 0 aromatic heterocycles. The van der Waals surface area contributed by atoms with Gasteiger partial charge in [-0.2, -0.15) is 0 Å². The van der Waals surface area contributed by atoms with Crippen molar-refractivity contribution in [2.45, 2.75) is 26.7 Å². The predicted molar refractivity (Wildman–Crippen MR) is 70.6 cm³/mol. The Kier molecular flexibility index (Phi) is 5.34. The lowest BCUT2D eigenvalue weighted by atomic mass is 10.0. The maximum Gasteiger partial charge on any atom is 0.295 e. The van der Waals surface area contributed by atoms with E-state index in [9.17, 15) is 14.5 Å². The monoisotopic (exact) mass is 274 g/mol. The van der Waals surface area contributed by atoms with Crippen molar-refractivity contribution in [3.05, 3.63) is 33.1 Å². The number of hydrogen-bond donors (Lipinski definition) is 1. The molecule has 0 unspecified atom stereocenters. The SMILES string of the molecule is CCC(CC)CNc1c([N+](=O)[O-])ccc(Cl)c1F. The highest BCUT2D eigenvalue weighted by Gasteiger charge is 2.21. The zero-order valence-corrected chi connectivity index (χ0v) is 11.1. The number of benzene rings is 1. The fraction of sp³-hybridized carbons (Fsp3) is 0.500. The number of rotatable bonds is 6. The Balaban J connectivity index is 2.98. The summed E-state index contributed by atoms with van der Waals surface area (Å²) >= 11 is 5.64. The first-order valence-electron chi connectivity index (χ1n) is 5.87. The van der Waals surface area contributed by atoms with Gasteiger partial charge in [-0.05, 0) is 12.0 Å². The van der Waals surface area contributed by atoms with Crippen molar-refractivity contribution in [2.75, 3.05) is 11.9 Å². The number of nitro groups is 1. The molecule has 0 saturated heterocycles. The van der Waals surface area contributed by atoms with Gasteiger partial charge >= 0.3 is 0 Å². The van der Waals surface area contributed by atoms with Gasteiger partial charge in [-0.25, -0.2) is 4.39 Å². The third-order valence-electron chi connectivity index (χ3n) is 2.99. The van der Waals surface area contributed by atoms with Gasteiger partial charge in [-0.15, -0.1) is 0 Å². The lowest BCUT2D eigenvalue weighted by Gasteiger charge is -2.15. The van der Waals surface area contributed by atoms with Crippen LogP contribution in [0.1, 0.15) is 26.7 Å². The summed E-state index contributed by atoms with van der Waals surface area (Å²) in [7, 11) is 0. The second-order valence-corrected chi connectivity index (χ2v) is 4.48. The van der Waals surface area contributed by atoms with E-state index in [-0.39, 0.29) is 16.4 Å². The molecule has 0 heterocycles. The molecule has 6 heteroatoms. The zero-order valence-electron chi connectivity index (χ0n) is 10.4. The van der Waals surface area contributed by atoms with Gasteiger partial charge in [-0.3, -0.25) is 10.1 Å². The Labute approximate surface area is 110 Å². The van der Waals surface area contributed by atoms with Crippen molar-refractivity contribution in [3.8, 4) is 0 Å². The van der Waals surface area contributed by atoms with E-state index in [0.29, 0.717) is 12.5 Å². The highest BCUT2D eigenvalue weighted by atomic mass is 35.5. The second kappa shape index (κ2) is 6.54. The normalized spacial score (nSPS) is 10.7. The molecule has 1 N–H and O–H groups in total. The van der Waals surface area contributed by atoms with Crippen molar-refractivity contribution < 1.29 is 9.31 Å². The topological polar surface area (TPSA) is 55.2 Å². The average Bonchev–Trinajstić information content (AvgIpc) is 2.35. The first-order chi connectivity index (χ1) is 8.51. The predicted octanol–water partition coefficient (Wildman–Crippen LogP) is 4.24. The fourth-order valence-electron chi connectivity index (χ4n) is 1.68. The molecular weight excluding hydrogens is 259 g/mol. The molecule has 0 atom stereocenters. The van der Waals surface area contributed by atoms with Gasteiger partial charge in [0.05, 0.1) is 9.95 Å². The van der Waals surface area contributed by atoms with E-state index in [1.54, 1.807) is 0 Å². The summed E-state index contributed by atoms with van der Waals surface area (Å²) in [5.41, 5.74) is -0.415. The molecule has 1 rings (SSSR count). The molecule has 1 aromatic rings. The Bertz CT molecular complexity index is 436. The summed E-state index contributed by atoms with van der Waals surface area (Å²) in [6, 6.07) is 2.40. The number of halogens is 2. The Morgan fingerprint density at radius 1 is 1.44 bits per heavy atom. The van der Waals surface area contributed by atoms with Crippen LogP contribution in [-0.4, -0.2) is 11.5 Å². The maximum absolute atomic E-state index is 13.8. The van der Waals surface area contributed by atoms with Crippen molar-refractivity contribution in [3.63, 3.8) is 0 Å². The third kappa shape index (κ3) is 3.32. The molecule has 0 saturated carbocycles. The summed E-state index contributed by atoms with van der Waals surface area (Å²) in [4.78, 5) is 10.2. The van der Waals surface area contributed by atoms with Crippen LogP contribution in [0, 0.1) is 21.8 Å². The van der Waals surface area contributed by atoms with E-state index in [2.05, 4.69) is 5.32 Å². The molecule has 0 fully saturated rings. The van der Waals surface area contributed by atoms with Crippen molar-refractivity contribution in [1.82, 2.24) is 0 Å². The number of hydrogen-bond acceptors (Lipinski definition) is 3. The molecule has 100 valence electrons. The van der Waals surface area contributed by atoms with E-state index in [4.69, 9.17) is 11.6 Å². The van der Waals surface area contributed by atoms with E-state index in [0.717, 1.165) is 12.8 Å². The largest absolute Gasteiger partial charge is 0.377 e. The van der Waals surface area contributed by atoms with Crippen LogP contribution in [0.4, 0.5) is 15.8 Å². The van der Waals surface area contributed by atoms with E-state index < -0.39 is 10.7 Å². The van der Waals surface area contributed by atoms with E-state index in [1.165, 1.54) is 12.1 Å². The van der Waals surface area contributed by atoms with Crippen LogP contribution in [0.15, 0.2) is 12.1 Å². The standard InChI is InChI=1S/C12H16ClFN2O2/c1-3-8(4-2)7-15-12-10(16(17)18)6-5-9(13)11(12)14/h5-6,8,15H,3-4,7H2,1-2H3. The minimum Gasteiger partial charge on any atom is -0.377 e. The van der Waals surface area contributed by atoms with Gasteiger partial charge in [0, 0.05) is 12.6 Å². The summed E-state index contributed by atoms with van der Waals surface area (Å²) in [6.45, 7) is 4.54. The first-order valence-corrected chi connectivity index (χ1v) is 6.25. The maximum atomic E-state index is 13.8. The number of nitro benzene ring substituents is 1. The first kappa shape index (κ1) is 14.7. The Morgan fingerprint density at radius 2 is 2.06 bits per heavy atom. The Hall–Kier alpha value is -1.36. The van der Waals surface area contributed by atoms with Gasteiger partial charge in [0.15, 0.2) is 11.5 Å². The summed E-state index contributed by atoms with van der Waals surface area (Å²) < 4.78 is 13.8. The number of anilines is 1. The van der Waals surface area contributed by atoms with Crippen molar-refractivity contribution >= 4 is 23.0 Å². The van der Waals surface area contributed by atoms with Crippen LogP contribution < -0.4 is 5.32 Å². The minimum absolute atomic E-state index is 0.118. The summed E-state index contributed by atoms with van der Waals surface area (Å²) in [5.74, 6) is -0.417. The molecule has 18 heavy (non-hydrogen) atoms. The van der Waals surface area contributed by atoms with Crippen LogP contribution in [0.25, 0.3) is 0 Å². The zero-order chi connectivity index (χ0) is 13.7. The summed E-state index contributed by atoms with van der Waals surface area (Å²) in [5, 5.41) is 13.5. The molecule has 0 aliphatic carbocycles. The van der Waals surface area contributed by atoms with Crippen LogP contribution in [-0.2, 0) is 0 Å². The van der Waals surface area contributed by atoms with E-state index >= 15 is 0 Å². The van der Waals surface area contributed by atoms with E-state index in [1.807, 2.05) is 13.8 Å². The average molecular weight is 275 g/mol. The molecule has 0 radical (unpaired) electrons. The molecular formula is C12H16ClFN2O2. The van der Waals surface area contributed by atoms with Gasteiger partial charge in [0.2, 0.25) is 0 Å². The molecule has 0 amide bonds. The highest BCUT2D eigenvalue weighted by Crippen LogP contribution is 2.32. The lowest BCUT2D eigenvalue weighted by Crippen LogP contribution is -2.14. The van der Waals surface area contributed by atoms with Crippen LogP contribution in [0.3, 0.4) is 0 Å². The molecule has 0 aliphatic heterocycles. The quantitative estimate of drug-likeness (QED) is 0.624. The second-order valence-electron chi connectivity index (χ2n) is 4.08. The van der Waals surface area contributed by atoms with Crippen molar-refractivity contribution in [2.24, 2.45) is 5.92 Å². The molecule has 1 aromatic carbocycles. The summed E-state index contributed by atoms with van der Waals surface area (Å²) in [6.07, 6.45) is 1.86. The molecule has 0 bridgehead atoms. The molecule has 0 aliphatic rings. The number of nitrogens with one attached hydrogen (secondary N) is 1. The lowest BCUT2D eigenvalue weighted by molar-refractivity contribution is -0.384. The van der Waals surface area contributed by atoms with Crippen LogP contribution in [0.5, 0.6) is 0 Å². The van der Waals surface area contributed by atoms with Crippen LogP contribution in [0.2, 0.25) is 5.02 Å². The van der Waals surface area contributed by atoms with Crippen molar-refractivity contribution in [1.29, 1.82) is 0 Å². The molecule has 0 spiro atoms. The van der Waals surface area contributed by atoms with Gasteiger partial charge in [-0.1, -0.05) is 38.3 Å². The number of nitrogens with zero attached hydrogens (tertiary/aromatic N) is 1. The van der Waals surface area contributed by atoms with Crippen LogP contribution >= 0.6 is 11.6 Å². The van der Waals surface area contributed by atoms with Gasteiger partial charge < -0.3 is 5.32 Å². The van der Waals surface area contributed by atoms with Gasteiger partial charge in [0.25, 0.3) is 5.69 Å². The smallest absolute Gasteiger partial charge is 0.295 e. The Morgan fingerprint density at radius 3 is 2.56 bits per heavy atom. The highest BCUT2D eigenvalue weighted by molar-refractivity contribution is 6.31. The minimum atomic E-state index is -0.767.